The summed E-state index contributed by atoms with van der Waals surface area (Å²) in [6.45, 7) is 4.86. The van der Waals surface area contributed by atoms with E-state index < -0.39 is 0 Å². The number of halogens is 1. The van der Waals surface area contributed by atoms with Crippen molar-refractivity contribution in [3.05, 3.63) is 59.1 Å². The minimum atomic E-state index is -0.341. The SMILES string of the molecule is CCCC(=O)N1CCN(c2ccc(NC(=S)NC(=O)/C=C/c3ccc(OC)cc3)cc2Cl)CC1. The smallest absolute Gasteiger partial charge is 0.250 e. The lowest BCUT2D eigenvalue weighted by molar-refractivity contribution is -0.131. The van der Waals surface area contributed by atoms with E-state index in [0.29, 0.717) is 30.2 Å². The van der Waals surface area contributed by atoms with Gasteiger partial charge < -0.3 is 19.9 Å². The van der Waals surface area contributed by atoms with E-state index in [2.05, 4.69) is 15.5 Å². The average molecular weight is 501 g/mol. The van der Waals surface area contributed by atoms with Crippen LogP contribution in [0.1, 0.15) is 25.3 Å². The predicted molar refractivity (Wildman–Crippen MR) is 142 cm³/mol. The number of piperazine rings is 1. The Morgan fingerprint density at radius 2 is 1.82 bits per heavy atom. The summed E-state index contributed by atoms with van der Waals surface area (Å²) in [7, 11) is 1.60. The highest BCUT2D eigenvalue weighted by atomic mass is 35.5. The van der Waals surface area contributed by atoms with Crippen LogP contribution in [-0.4, -0.2) is 55.1 Å². The summed E-state index contributed by atoms with van der Waals surface area (Å²) in [6, 6.07) is 12.9. The zero-order chi connectivity index (χ0) is 24.5. The fourth-order valence-corrected chi connectivity index (χ4v) is 4.13. The molecule has 1 fully saturated rings. The number of benzene rings is 2. The minimum Gasteiger partial charge on any atom is -0.497 e. The summed E-state index contributed by atoms with van der Waals surface area (Å²) >= 11 is 11.8. The van der Waals surface area contributed by atoms with Crippen LogP contribution in [0.15, 0.2) is 48.5 Å². The zero-order valence-corrected chi connectivity index (χ0v) is 20.9. The quantitative estimate of drug-likeness (QED) is 0.435. The van der Waals surface area contributed by atoms with Gasteiger partial charge >= 0.3 is 0 Å². The van der Waals surface area contributed by atoms with Gasteiger partial charge in [-0.3, -0.25) is 14.9 Å². The summed E-state index contributed by atoms with van der Waals surface area (Å²) < 4.78 is 5.12. The Labute approximate surface area is 210 Å². The molecule has 34 heavy (non-hydrogen) atoms. The van der Waals surface area contributed by atoms with Gasteiger partial charge in [-0.2, -0.15) is 0 Å². The molecule has 3 rings (SSSR count). The Balaban J connectivity index is 1.50. The van der Waals surface area contributed by atoms with Gasteiger partial charge in [0.1, 0.15) is 5.75 Å². The maximum Gasteiger partial charge on any atom is 0.250 e. The summed E-state index contributed by atoms with van der Waals surface area (Å²) in [6.07, 6.45) is 4.56. The first-order valence-electron chi connectivity index (χ1n) is 11.2. The van der Waals surface area contributed by atoms with Crippen LogP contribution in [0.4, 0.5) is 11.4 Å². The van der Waals surface area contributed by atoms with Gasteiger partial charge in [-0.15, -0.1) is 0 Å². The molecular weight excluding hydrogens is 472 g/mol. The summed E-state index contributed by atoms with van der Waals surface area (Å²) in [5, 5.41) is 6.36. The van der Waals surface area contributed by atoms with Gasteiger partial charge in [0, 0.05) is 44.4 Å². The highest BCUT2D eigenvalue weighted by molar-refractivity contribution is 7.80. The number of thiocarbonyl (C=S) groups is 1. The summed E-state index contributed by atoms with van der Waals surface area (Å²) in [5.74, 6) is 0.620. The monoisotopic (exact) mass is 500 g/mol. The molecule has 7 nitrogen and oxygen atoms in total. The fraction of sp³-hybridized carbons (Fsp3) is 0.320. The van der Waals surface area contributed by atoms with Crippen LogP contribution in [0, 0.1) is 0 Å². The Morgan fingerprint density at radius 1 is 1.12 bits per heavy atom. The lowest BCUT2D eigenvalue weighted by atomic mass is 10.2. The summed E-state index contributed by atoms with van der Waals surface area (Å²) in [4.78, 5) is 28.3. The molecule has 0 aromatic heterocycles. The fourth-order valence-electron chi connectivity index (χ4n) is 3.61. The second kappa shape index (κ2) is 12.4. The maximum atomic E-state index is 12.2. The second-order valence-corrected chi connectivity index (χ2v) is 8.65. The second-order valence-electron chi connectivity index (χ2n) is 7.83. The van der Waals surface area contributed by atoms with Crippen LogP contribution >= 0.6 is 23.8 Å². The van der Waals surface area contributed by atoms with Crippen molar-refractivity contribution in [2.24, 2.45) is 0 Å². The molecule has 9 heteroatoms. The van der Waals surface area contributed by atoms with Gasteiger partial charge in [-0.05, 0) is 60.6 Å². The van der Waals surface area contributed by atoms with Crippen molar-refractivity contribution in [1.29, 1.82) is 0 Å². The zero-order valence-electron chi connectivity index (χ0n) is 19.3. The van der Waals surface area contributed by atoms with E-state index in [4.69, 9.17) is 28.6 Å². The van der Waals surface area contributed by atoms with Crippen LogP contribution in [0.5, 0.6) is 5.75 Å². The van der Waals surface area contributed by atoms with Crippen molar-refractivity contribution in [3.8, 4) is 5.75 Å². The first-order valence-corrected chi connectivity index (χ1v) is 11.9. The van der Waals surface area contributed by atoms with Crippen LogP contribution in [0.25, 0.3) is 6.08 Å². The largest absolute Gasteiger partial charge is 0.497 e. The van der Waals surface area contributed by atoms with Gasteiger partial charge in [0.15, 0.2) is 5.11 Å². The Morgan fingerprint density at radius 3 is 2.44 bits per heavy atom. The van der Waals surface area contributed by atoms with Crippen molar-refractivity contribution < 1.29 is 14.3 Å². The van der Waals surface area contributed by atoms with E-state index in [1.54, 1.807) is 19.3 Å². The highest BCUT2D eigenvalue weighted by Gasteiger charge is 2.22. The molecule has 0 atom stereocenters. The van der Waals surface area contributed by atoms with Crippen molar-refractivity contribution in [1.82, 2.24) is 10.2 Å². The third kappa shape index (κ3) is 7.20. The normalized spacial score (nSPS) is 13.6. The van der Waals surface area contributed by atoms with Crippen molar-refractivity contribution in [2.45, 2.75) is 19.8 Å². The predicted octanol–water partition coefficient (Wildman–Crippen LogP) is 4.32. The molecule has 2 N–H and O–H groups in total. The van der Waals surface area contributed by atoms with E-state index in [1.165, 1.54) is 6.08 Å². The molecule has 0 spiro atoms. The number of amides is 2. The van der Waals surface area contributed by atoms with Gasteiger partial charge in [0.25, 0.3) is 0 Å². The first-order chi connectivity index (χ1) is 16.4. The van der Waals surface area contributed by atoms with E-state index in [-0.39, 0.29) is 16.9 Å². The lowest BCUT2D eigenvalue weighted by Gasteiger charge is -2.36. The van der Waals surface area contributed by atoms with E-state index in [1.807, 2.05) is 48.2 Å². The molecule has 2 aromatic rings. The van der Waals surface area contributed by atoms with Crippen LogP contribution in [0.3, 0.4) is 0 Å². The number of rotatable bonds is 7. The van der Waals surface area contributed by atoms with Gasteiger partial charge in [-0.1, -0.05) is 30.7 Å². The first kappa shape index (κ1) is 25.5. The standard InChI is InChI=1S/C25H29ClN4O3S/c1-3-4-24(32)30-15-13-29(14-16-30)22-11-8-19(17-21(22)26)27-25(34)28-23(31)12-7-18-5-9-20(33-2)10-6-18/h5-12,17H,3-4,13-16H2,1-2H3,(H2,27,28,31,34)/b12-7+. The van der Waals surface area contributed by atoms with Crippen LogP contribution < -0.4 is 20.3 Å². The van der Waals surface area contributed by atoms with Gasteiger partial charge in [0.05, 0.1) is 17.8 Å². The molecule has 1 aliphatic rings. The van der Waals surface area contributed by atoms with Crippen LogP contribution in [-0.2, 0) is 9.59 Å². The number of nitrogens with one attached hydrogen (secondary N) is 2. The molecule has 0 bridgehead atoms. The minimum absolute atomic E-state index is 0.177. The number of carbonyl (C=O) groups excluding carboxylic acids is 2. The molecule has 1 heterocycles. The molecule has 0 unspecified atom stereocenters. The molecule has 1 aliphatic heterocycles. The van der Waals surface area contributed by atoms with Crippen molar-refractivity contribution in [2.75, 3.05) is 43.5 Å². The number of hydrogen-bond donors (Lipinski definition) is 2. The third-order valence-electron chi connectivity index (χ3n) is 5.42. The van der Waals surface area contributed by atoms with Gasteiger partial charge in [-0.25, -0.2) is 0 Å². The van der Waals surface area contributed by atoms with E-state index >= 15 is 0 Å². The van der Waals surface area contributed by atoms with E-state index in [0.717, 1.165) is 36.5 Å². The molecule has 1 saturated heterocycles. The van der Waals surface area contributed by atoms with E-state index in [9.17, 15) is 9.59 Å². The highest BCUT2D eigenvalue weighted by Crippen LogP contribution is 2.29. The average Bonchev–Trinajstić information content (AvgIpc) is 2.83. The number of hydrogen-bond acceptors (Lipinski definition) is 5. The van der Waals surface area contributed by atoms with Crippen molar-refractivity contribution >= 4 is 58.2 Å². The molecule has 0 radical (unpaired) electrons. The Bertz CT molecular complexity index is 1050. The van der Waals surface area contributed by atoms with Crippen LogP contribution in [0.2, 0.25) is 5.02 Å². The lowest BCUT2D eigenvalue weighted by Crippen LogP contribution is -2.48. The molecule has 180 valence electrons. The molecule has 2 amide bonds. The number of nitrogens with zero attached hydrogens (tertiary/aromatic N) is 2. The third-order valence-corrected chi connectivity index (χ3v) is 5.93. The number of ether oxygens (including phenoxy) is 1. The molecule has 0 saturated carbocycles. The maximum absolute atomic E-state index is 12.2. The number of carbonyl (C=O) groups is 2. The molecule has 0 aliphatic carbocycles. The Kier molecular flexibility index (Phi) is 9.30. The Hall–Kier alpha value is -3.10. The molecular formula is C25H29ClN4O3S. The van der Waals surface area contributed by atoms with Crippen molar-refractivity contribution in [3.63, 3.8) is 0 Å². The topological polar surface area (TPSA) is 73.9 Å². The summed E-state index contributed by atoms with van der Waals surface area (Å²) in [5.41, 5.74) is 2.45. The number of methoxy groups -OCH3 is 1. The molecule has 2 aromatic carbocycles. The van der Waals surface area contributed by atoms with Gasteiger partial charge in [0.2, 0.25) is 11.8 Å². The number of anilines is 2.